The molecular formula is C18H20FN3O4S2. The second kappa shape index (κ2) is 10.1. The summed E-state index contributed by atoms with van der Waals surface area (Å²) >= 11 is 1.13. The van der Waals surface area contributed by atoms with Crippen LogP contribution in [0.3, 0.4) is 0 Å². The number of carbonyl (C=O) groups excluding carboxylic acids is 2. The van der Waals surface area contributed by atoms with Crippen LogP contribution in [-0.4, -0.2) is 38.0 Å². The highest BCUT2D eigenvalue weighted by molar-refractivity contribution is 8.00. The van der Waals surface area contributed by atoms with Gasteiger partial charge in [-0.1, -0.05) is 18.2 Å². The van der Waals surface area contributed by atoms with E-state index >= 15 is 0 Å². The minimum Gasteiger partial charge on any atom is -0.351 e. The molecule has 0 saturated carbocycles. The number of para-hydroxylation sites is 1. The zero-order chi connectivity index (χ0) is 20.6. The number of carbonyl (C=O) groups is 2. The number of benzene rings is 2. The molecule has 2 aromatic rings. The Kier molecular flexibility index (Phi) is 7.82. The average Bonchev–Trinajstić information content (AvgIpc) is 2.61. The van der Waals surface area contributed by atoms with Gasteiger partial charge in [0.25, 0.3) is 0 Å². The van der Waals surface area contributed by atoms with Crippen LogP contribution in [0.25, 0.3) is 0 Å². The van der Waals surface area contributed by atoms with E-state index in [2.05, 4.69) is 15.4 Å². The van der Waals surface area contributed by atoms with Gasteiger partial charge >= 0.3 is 0 Å². The molecule has 0 aliphatic carbocycles. The highest BCUT2D eigenvalue weighted by atomic mass is 32.2. The van der Waals surface area contributed by atoms with Crippen LogP contribution in [0, 0.1) is 5.82 Å². The van der Waals surface area contributed by atoms with E-state index in [1.54, 1.807) is 24.3 Å². The maximum Gasteiger partial charge on any atom is 0.234 e. The Hall–Kier alpha value is -2.59. The van der Waals surface area contributed by atoms with Gasteiger partial charge in [0.1, 0.15) is 5.82 Å². The summed E-state index contributed by atoms with van der Waals surface area (Å²) in [5.41, 5.74) is 1.50. The van der Waals surface area contributed by atoms with Crippen molar-refractivity contribution in [1.29, 1.82) is 0 Å². The average molecular weight is 426 g/mol. The maximum absolute atomic E-state index is 12.8. The Morgan fingerprint density at radius 1 is 1.00 bits per heavy atom. The van der Waals surface area contributed by atoms with Crippen LogP contribution < -0.4 is 15.4 Å². The molecule has 0 atom stereocenters. The molecular weight excluding hydrogens is 405 g/mol. The molecule has 0 spiro atoms. The number of thioether (sulfide) groups is 1. The first-order valence-corrected chi connectivity index (χ1v) is 11.2. The first-order valence-electron chi connectivity index (χ1n) is 8.18. The van der Waals surface area contributed by atoms with Gasteiger partial charge in [0.05, 0.1) is 23.4 Å². The van der Waals surface area contributed by atoms with E-state index in [4.69, 9.17) is 0 Å². The molecule has 3 N–H and O–H groups in total. The van der Waals surface area contributed by atoms with Crippen molar-refractivity contribution in [2.75, 3.05) is 27.8 Å². The normalized spacial score (nSPS) is 10.9. The fourth-order valence-corrected chi connectivity index (χ4v) is 3.43. The summed E-state index contributed by atoms with van der Waals surface area (Å²) in [5.74, 6) is -0.839. The molecule has 0 heterocycles. The second-order valence-electron chi connectivity index (χ2n) is 5.86. The van der Waals surface area contributed by atoms with Gasteiger partial charge in [0, 0.05) is 12.2 Å². The zero-order valence-corrected chi connectivity index (χ0v) is 16.7. The van der Waals surface area contributed by atoms with Gasteiger partial charge in [-0.3, -0.25) is 14.3 Å². The van der Waals surface area contributed by atoms with Crippen LogP contribution >= 0.6 is 11.8 Å². The molecule has 7 nitrogen and oxygen atoms in total. The van der Waals surface area contributed by atoms with E-state index in [0.717, 1.165) is 18.0 Å². The zero-order valence-electron chi connectivity index (χ0n) is 15.1. The van der Waals surface area contributed by atoms with Crippen molar-refractivity contribution < 1.29 is 22.4 Å². The first-order chi connectivity index (χ1) is 13.2. The van der Waals surface area contributed by atoms with Crippen molar-refractivity contribution in [2.24, 2.45) is 0 Å². The molecule has 0 aromatic heterocycles. The molecule has 0 saturated heterocycles. The Balaban J connectivity index is 1.74. The maximum atomic E-state index is 12.8. The fraction of sp³-hybridized carbons (Fsp3) is 0.222. The van der Waals surface area contributed by atoms with E-state index in [0.29, 0.717) is 16.9 Å². The number of hydrogen-bond donors (Lipinski definition) is 3. The lowest BCUT2D eigenvalue weighted by Crippen LogP contribution is -2.26. The van der Waals surface area contributed by atoms with Gasteiger partial charge < -0.3 is 10.6 Å². The van der Waals surface area contributed by atoms with Crippen molar-refractivity contribution in [3.8, 4) is 0 Å². The molecule has 28 heavy (non-hydrogen) atoms. The number of sulfonamides is 1. The summed E-state index contributed by atoms with van der Waals surface area (Å²) in [7, 11) is -3.42. The standard InChI is InChI=1S/C18H20FN3O4S2/c1-28(25,26)22-16-5-3-2-4-13(16)10-20-17(23)11-27-12-18(24)21-15-8-6-14(19)7-9-15/h2-9,22H,10-12H2,1H3,(H,20,23)(H,21,24). The molecule has 0 bridgehead atoms. The van der Waals surface area contributed by atoms with Crippen molar-refractivity contribution in [2.45, 2.75) is 6.54 Å². The lowest BCUT2D eigenvalue weighted by atomic mass is 10.2. The molecule has 0 fully saturated rings. The van der Waals surface area contributed by atoms with Gasteiger partial charge in [0.15, 0.2) is 0 Å². The van der Waals surface area contributed by atoms with Crippen LogP contribution in [0.1, 0.15) is 5.56 Å². The molecule has 2 rings (SSSR count). The SMILES string of the molecule is CS(=O)(=O)Nc1ccccc1CNC(=O)CSCC(=O)Nc1ccc(F)cc1. The summed E-state index contributed by atoms with van der Waals surface area (Å²) in [5, 5.41) is 5.29. The van der Waals surface area contributed by atoms with Crippen LogP contribution in [0.2, 0.25) is 0 Å². The second-order valence-corrected chi connectivity index (χ2v) is 8.59. The number of anilines is 2. The van der Waals surface area contributed by atoms with Gasteiger partial charge in [-0.05, 0) is 35.9 Å². The largest absolute Gasteiger partial charge is 0.351 e. The highest BCUT2D eigenvalue weighted by Crippen LogP contribution is 2.16. The van der Waals surface area contributed by atoms with Crippen molar-refractivity contribution in [1.82, 2.24) is 5.32 Å². The summed E-state index contributed by atoms with van der Waals surface area (Å²) in [6, 6.07) is 12.1. The van der Waals surface area contributed by atoms with Gasteiger partial charge in [-0.2, -0.15) is 0 Å². The van der Waals surface area contributed by atoms with Gasteiger partial charge in [-0.25, -0.2) is 12.8 Å². The molecule has 150 valence electrons. The third-order valence-electron chi connectivity index (χ3n) is 3.38. The van der Waals surface area contributed by atoms with Crippen LogP contribution in [-0.2, 0) is 26.2 Å². The predicted molar refractivity (Wildman–Crippen MR) is 109 cm³/mol. The molecule has 0 radical (unpaired) electrons. The van der Waals surface area contributed by atoms with Crippen molar-refractivity contribution in [3.63, 3.8) is 0 Å². The molecule has 0 unspecified atom stereocenters. The van der Waals surface area contributed by atoms with E-state index in [-0.39, 0.29) is 29.9 Å². The lowest BCUT2D eigenvalue weighted by Gasteiger charge is -2.11. The van der Waals surface area contributed by atoms with Gasteiger partial charge in [0.2, 0.25) is 21.8 Å². The fourth-order valence-electron chi connectivity index (χ4n) is 2.19. The molecule has 0 aliphatic heterocycles. The minimum atomic E-state index is -3.42. The van der Waals surface area contributed by atoms with Crippen molar-refractivity contribution >= 4 is 45.0 Å². The number of halogens is 1. The third-order valence-corrected chi connectivity index (χ3v) is 4.91. The first kappa shape index (κ1) is 21.7. The smallest absolute Gasteiger partial charge is 0.234 e. The molecule has 2 aromatic carbocycles. The van der Waals surface area contributed by atoms with Gasteiger partial charge in [-0.15, -0.1) is 11.8 Å². The monoisotopic (exact) mass is 425 g/mol. The number of hydrogen-bond acceptors (Lipinski definition) is 5. The third kappa shape index (κ3) is 7.97. The summed E-state index contributed by atoms with van der Waals surface area (Å²) < 4.78 is 38.0. The van der Waals surface area contributed by atoms with E-state index < -0.39 is 15.8 Å². The molecule has 0 aliphatic rings. The van der Waals surface area contributed by atoms with Crippen LogP contribution in [0.4, 0.5) is 15.8 Å². The Labute approximate surface area is 167 Å². The summed E-state index contributed by atoms with van der Waals surface area (Å²) in [4.78, 5) is 23.8. The van der Waals surface area contributed by atoms with Crippen LogP contribution in [0.5, 0.6) is 0 Å². The lowest BCUT2D eigenvalue weighted by molar-refractivity contribution is -0.118. The summed E-state index contributed by atoms with van der Waals surface area (Å²) in [6.07, 6.45) is 1.05. The molecule has 10 heteroatoms. The summed E-state index contributed by atoms with van der Waals surface area (Å²) in [6.45, 7) is 0.153. The Bertz CT molecular complexity index is 934. The minimum absolute atomic E-state index is 0.0665. The van der Waals surface area contributed by atoms with Crippen molar-refractivity contribution in [3.05, 3.63) is 59.9 Å². The van der Waals surface area contributed by atoms with E-state index in [1.807, 2.05) is 0 Å². The Morgan fingerprint density at radius 2 is 1.64 bits per heavy atom. The Morgan fingerprint density at radius 3 is 2.32 bits per heavy atom. The molecule has 2 amide bonds. The number of amides is 2. The van der Waals surface area contributed by atoms with E-state index in [1.165, 1.54) is 24.3 Å². The number of nitrogens with one attached hydrogen (secondary N) is 3. The van der Waals surface area contributed by atoms with E-state index in [9.17, 15) is 22.4 Å². The van der Waals surface area contributed by atoms with Crippen LogP contribution in [0.15, 0.2) is 48.5 Å². The highest BCUT2D eigenvalue weighted by Gasteiger charge is 2.09. The topological polar surface area (TPSA) is 104 Å². The number of rotatable bonds is 9. The quantitative estimate of drug-likeness (QED) is 0.571. The predicted octanol–water partition coefficient (Wildman–Crippen LogP) is 2.19.